The van der Waals surface area contributed by atoms with E-state index in [0.717, 1.165) is 34.4 Å². The summed E-state index contributed by atoms with van der Waals surface area (Å²) < 4.78 is 0. The molecular weight excluding hydrogens is 314 g/mol. The van der Waals surface area contributed by atoms with Gasteiger partial charge in [0.2, 0.25) is 0 Å². The van der Waals surface area contributed by atoms with Gasteiger partial charge in [-0.15, -0.1) is 0 Å². The molecule has 4 rings (SSSR count). The normalized spacial score (nSPS) is 10.9. The van der Waals surface area contributed by atoms with Crippen LogP contribution in [0.15, 0.2) is 61.3 Å². The third-order valence-corrected chi connectivity index (χ3v) is 4.01. The first-order valence-electron chi connectivity index (χ1n) is 8.00. The number of nitrogens with one attached hydrogen (secondary N) is 2. The minimum Gasteiger partial charge on any atom is -0.506 e. The molecule has 0 atom stereocenters. The van der Waals surface area contributed by atoms with Gasteiger partial charge in [0, 0.05) is 43.1 Å². The Kier molecular flexibility index (Phi) is 4.00. The second kappa shape index (κ2) is 6.60. The zero-order valence-electron chi connectivity index (χ0n) is 13.5. The monoisotopic (exact) mass is 331 g/mol. The van der Waals surface area contributed by atoms with Crippen LogP contribution in [0, 0.1) is 0 Å². The molecule has 0 unspecified atom stereocenters. The molecular formula is C19H17N5O. The summed E-state index contributed by atoms with van der Waals surface area (Å²) in [5.41, 5.74) is 4.14. The van der Waals surface area contributed by atoms with Crippen LogP contribution in [0.25, 0.3) is 11.0 Å². The van der Waals surface area contributed by atoms with E-state index in [-0.39, 0.29) is 5.75 Å². The van der Waals surface area contributed by atoms with E-state index in [2.05, 4.69) is 37.4 Å². The molecule has 0 aromatic carbocycles. The quantitative estimate of drug-likeness (QED) is 0.522. The number of aromatic nitrogens is 4. The molecule has 0 radical (unpaired) electrons. The maximum Gasteiger partial charge on any atom is 0.137 e. The van der Waals surface area contributed by atoms with Gasteiger partial charge in [-0.2, -0.15) is 0 Å². The summed E-state index contributed by atoms with van der Waals surface area (Å²) in [6.07, 6.45) is 9.59. The minimum absolute atomic E-state index is 0.163. The van der Waals surface area contributed by atoms with Crippen molar-refractivity contribution >= 4 is 16.9 Å². The van der Waals surface area contributed by atoms with Crippen LogP contribution < -0.4 is 5.32 Å². The Labute approximate surface area is 144 Å². The lowest BCUT2D eigenvalue weighted by Crippen LogP contribution is -2.02. The predicted octanol–water partition coefficient (Wildman–Crippen LogP) is 3.26. The lowest BCUT2D eigenvalue weighted by Gasteiger charge is -2.07. The van der Waals surface area contributed by atoms with Crippen LogP contribution in [0.5, 0.6) is 5.75 Å². The molecule has 0 spiro atoms. The van der Waals surface area contributed by atoms with Gasteiger partial charge in [0.1, 0.15) is 17.2 Å². The van der Waals surface area contributed by atoms with Gasteiger partial charge in [0.25, 0.3) is 0 Å². The molecule has 124 valence electrons. The van der Waals surface area contributed by atoms with E-state index in [1.54, 1.807) is 18.5 Å². The Balaban J connectivity index is 1.43. The first-order valence-corrected chi connectivity index (χ1v) is 8.00. The van der Waals surface area contributed by atoms with E-state index >= 15 is 0 Å². The third-order valence-electron chi connectivity index (χ3n) is 4.01. The molecule has 4 aromatic rings. The van der Waals surface area contributed by atoms with E-state index in [9.17, 15) is 5.11 Å². The van der Waals surface area contributed by atoms with Gasteiger partial charge in [0.15, 0.2) is 0 Å². The molecule has 0 saturated carbocycles. The molecule has 0 aliphatic carbocycles. The van der Waals surface area contributed by atoms with Crippen LogP contribution in [-0.2, 0) is 13.0 Å². The number of rotatable bonds is 5. The highest BCUT2D eigenvalue weighted by Crippen LogP contribution is 2.19. The fourth-order valence-corrected chi connectivity index (χ4v) is 2.78. The van der Waals surface area contributed by atoms with E-state index in [1.165, 1.54) is 11.8 Å². The summed E-state index contributed by atoms with van der Waals surface area (Å²) in [6, 6.07) is 9.71. The topological polar surface area (TPSA) is 86.7 Å². The second-order valence-electron chi connectivity index (χ2n) is 5.85. The van der Waals surface area contributed by atoms with Crippen molar-refractivity contribution in [1.82, 2.24) is 19.9 Å². The maximum atomic E-state index is 9.43. The van der Waals surface area contributed by atoms with Crippen molar-refractivity contribution in [2.75, 3.05) is 5.32 Å². The molecule has 0 bridgehead atoms. The number of anilines is 1. The van der Waals surface area contributed by atoms with Gasteiger partial charge in [-0.3, -0.25) is 4.98 Å². The number of aromatic hydroxyl groups is 1. The molecule has 6 nitrogen and oxygen atoms in total. The average Bonchev–Trinajstić information content (AvgIpc) is 3.04. The Hall–Kier alpha value is -3.41. The molecule has 0 aliphatic rings. The van der Waals surface area contributed by atoms with Gasteiger partial charge < -0.3 is 15.4 Å². The summed E-state index contributed by atoms with van der Waals surface area (Å²) >= 11 is 0. The Morgan fingerprint density at radius 2 is 2.00 bits per heavy atom. The maximum absolute atomic E-state index is 9.43. The van der Waals surface area contributed by atoms with Crippen LogP contribution in [0.2, 0.25) is 0 Å². The molecule has 4 heterocycles. The zero-order chi connectivity index (χ0) is 17.1. The van der Waals surface area contributed by atoms with Crippen molar-refractivity contribution in [3.05, 3.63) is 78.0 Å². The SMILES string of the molecule is Oc1cncc(CNc2ccc(Cc3c[nH]c4ncccc34)cn2)c1. The highest BCUT2D eigenvalue weighted by Gasteiger charge is 2.05. The van der Waals surface area contributed by atoms with Crippen molar-refractivity contribution in [2.45, 2.75) is 13.0 Å². The molecule has 0 fully saturated rings. The second-order valence-corrected chi connectivity index (χ2v) is 5.85. The molecule has 4 aromatic heterocycles. The van der Waals surface area contributed by atoms with Gasteiger partial charge in [-0.05, 0) is 41.0 Å². The largest absolute Gasteiger partial charge is 0.506 e. The van der Waals surface area contributed by atoms with E-state index in [4.69, 9.17) is 0 Å². The summed E-state index contributed by atoms with van der Waals surface area (Å²) in [5.74, 6) is 0.948. The van der Waals surface area contributed by atoms with Gasteiger partial charge >= 0.3 is 0 Å². The van der Waals surface area contributed by atoms with Crippen molar-refractivity contribution in [2.24, 2.45) is 0 Å². The number of aromatic amines is 1. The van der Waals surface area contributed by atoms with E-state index in [0.29, 0.717) is 6.54 Å². The zero-order valence-corrected chi connectivity index (χ0v) is 13.5. The van der Waals surface area contributed by atoms with E-state index < -0.39 is 0 Å². The summed E-state index contributed by atoms with van der Waals surface area (Å²) in [7, 11) is 0. The lowest BCUT2D eigenvalue weighted by molar-refractivity contribution is 0.472. The van der Waals surface area contributed by atoms with Crippen molar-refractivity contribution in [1.29, 1.82) is 0 Å². The first-order chi connectivity index (χ1) is 12.3. The number of H-pyrrole nitrogens is 1. The Bertz CT molecular complexity index is 994. The first kappa shape index (κ1) is 15.1. The van der Waals surface area contributed by atoms with E-state index in [1.807, 2.05) is 24.5 Å². The van der Waals surface area contributed by atoms with Crippen LogP contribution >= 0.6 is 0 Å². The number of hydrogen-bond donors (Lipinski definition) is 3. The summed E-state index contributed by atoms with van der Waals surface area (Å²) in [6.45, 7) is 0.557. The van der Waals surface area contributed by atoms with Crippen molar-refractivity contribution in [3.63, 3.8) is 0 Å². The number of fused-ring (bicyclic) bond motifs is 1. The van der Waals surface area contributed by atoms with Gasteiger partial charge in [0.05, 0.1) is 6.20 Å². The molecule has 3 N–H and O–H groups in total. The van der Waals surface area contributed by atoms with Crippen molar-refractivity contribution in [3.8, 4) is 5.75 Å². The van der Waals surface area contributed by atoms with Crippen LogP contribution in [-0.4, -0.2) is 25.0 Å². The third kappa shape index (κ3) is 3.42. The number of pyridine rings is 3. The molecule has 6 heteroatoms. The molecule has 0 amide bonds. The summed E-state index contributed by atoms with van der Waals surface area (Å²) in [4.78, 5) is 15.9. The standard InChI is InChI=1S/C19H17N5O/c25-16-7-14(8-20-12-16)10-23-18-4-3-13(9-22-18)6-15-11-24-19-17(15)2-1-5-21-19/h1-5,7-9,11-12,25H,6,10H2,(H,21,24)(H,22,23). The van der Waals surface area contributed by atoms with Gasteiger partial charge in [-0.25, -0.2) is 9.97 Å². The minimum atomic E-state index is 0.163. The smallest absolute Gasteiger partial charge is 0.137 e. The van der Waals surface area contributed by atoms with Crippen LogP contribution in [0.3, 0.4) is 0 Å². The Morgan fingerprint density at radius 3 is 2.84 bits per heavy atom. The lowest BCUT2D eigenvalue weighted by atomic mass is 10.1. The molecule has 0 saturated heterocycles. The fraction of sp³-hybridized carbons (Fsp3) is 0.105. The van der Waals surface area contributed by atoms with Gasteiger partial charge in [-0.1, -0.05) is 6.07 Å². The Morgan fingerprint density at radius 1 is 1.04 bits per heavy atom. The van der Waals surface area contributed by atoms with Crippen LogP contribution in [0.4, 0.5) is 5.82 Å². The fourth-order valence-electron chi connectivity index (χ4n) is 2.78. The highest BCUT2D eigenvalue weighted by atomic mass is 16.3. The molecule has 0 aliphatic heterocycles. The highest BCUT2D eigenvalue weighted by molar-refractivity contribution is 5.79. The summed E-state index contributed by atoms with van der Waals surface area (Å²) in [5, 5.41) is 13.8. The molecule has 25 heavy (non-hydrogen) atoms. The number of nitrogens with zero attached hydrogens (tertiary/aromatic N) is 3. The number of hydrogen-bond acceptors (Lipinski definition) is 5. The van der Waals surface area contributed by atoms with Crippen molar-refractivity contribution < 1.29 is 5.11 Å². The van der Waals surface area contributed by atoms with Crippen LogP contribution in [0.1, 0.15) is 16.7 Å². The predicted molar refractivity (Wildman–Crippen MR) is 96.4 cm³/mol. The average molecular weight is 331 g/mol.